The molecule has 4 rings (SSSR count). The van der Waals surface area contributed by atoms with Crippen LogP contribution in [-0.4, -0.2) is 109 Å². The van der Waals surface area contributed by atoms with Gasteiger partial charge < -0.3 is 61.6 Å². The number of ether oxygens (including phenoxy) is 13. The van der Waals surface area contributed by atoms with E-state index in [4.69, 9.17) is 61.6 Å². The smallest absolute Gasteiger partial charge is 0.340 e. The lowest BCUT2D eigenvalue weighted by Gasteiger charge is -2.35. The quantitative estimate of drug-likeness (QED) is 0.107. The lowest BCUT2D eigenvalue weighted by Crippen LogP contribution is -2.58. The fourth-order valence-corrected chi connectivity index (χ4v) is 6.25. The molecule has 4 atom stereocenters. The van der Waals surface area contributed by atoms with E-state index >= 15 is 0 Å². The average molecular weight is 983 g/mol. The maximum atomic E-state index is 13.9. The molecule has 0 unspecified atom stereocenters. The van der Waals surface area contributed by atoms with E-state index < -0.39 is 155 Å². The summed E-state index contributed by atoms with van der Waals surface area (Å²) in [6, 6.07) is 8.22. The number of esters is 12. The molecule has 0 aliphatic carbocycles. The summed E-state index contributed by atoms with van der Waals surface area (Å²) in [5.41, 5.74) is -4.03. The Hall–Kier alpha value is -8.74. The van der Waals surface area contributed by atoms with Gasteiger partial charge in [-0.25, -0.2) is 14.4 Å². The molecular weight excluding hydrogens is 940 g/mol. The van der Waals surface area contributed by atoms with Crippen molar-refractivity contribution in [3.05, 3.63) is 65.2 Å². The Balaban J connectivity index is 1.84. The summed E-state index contributed by atoms with van der Waals surface area (Å²) in [6.45, 7) is 6.45. The minimum Gasteiger partial charge on any atom is -0.459 e. The molecule has 1 heterocycles. The highest BCUT2D eigenvalue weighted by Gasteiger charge is 2.65. The molecule has 372 valence electrons. The zero-order valence-corrected chi connectivity index (χ0v) is 38.5. The molecule has 0 spiro atoms. The highest BCUT2D eigenvalue weighted by molar-refractivity contribution is 5.94. The van der Waals surface area contributed by atoms with Gasteiger partial charge in [0.15, 0.2) is 29.1 Å². The molecule has 0 N–H and O–H groups in total. The molecule has 0 amide bonds. The summed E-state index contributed by atoms with van der Waals surface area (Å²) in [4.78, 5) is 151. The van der Waals surface area contributed by atoms with E-state index in [0.29, 0.717) is 0 Å². The van der Waals surface area contributed by atoms with Crippen molar-refractivity contribution in [1.29, 1.82) is 0 Å². The van der Waals surface area contributed by atoms with Gasteiger partial charge in [-0.3, -0.25) is 43.2 Å². The summed E-state index contributed by atoms with van der Waals surface area (Å²) in [7, 11) is 0. The van der Waals surface area contributed by atoms with E-state index in [1.165, 1.54) is 12.1 Å². The second-order valence-corrected chi connectivity index (χ2v) is 14.4. The molecule has 25 nitrogen and oxygen atoms in total. The maximum absolute atomic E-state index is 13.9. The first-order chi connectivity index (χ1) is 32.8. The Labute approximate surface area is 395 Å². The molecule has 0 bridgehead atoms. The van der Waals surface area contributed by atoms with Crippen LogP contribution in [0.4, 0.5) is 0 Å². The van der Waals surface area contributed by atoms with E-state index in [1.54, 1.807) is 0 Å². The summed E-state index contributed by atoms with van der Waals surface area (Å²) >= 11 is 0. The molecule has 1 aliphatic rings. The van der Waals surface area contributed by atoms with Crippen LogP contribution in [-0.2, 0) is 71.6 Å². The van der Waals surface area contributed by atoms with Crippen molar-refractivity contribution in [2.75, 3.05) is 13.2 Å². The molecule has 3 aromatic carbocycles. The molecule has 70 heavy (non-hydrogen) atoms. The van der Waals surface area contributed by atoms with Crippen LogP contribution in [0.5, 0.6) is 40.2 Å². The number of carbonyl (C=O) groups excluding carboxylic acids is 12. The van der Waals surface area contributed by atoms with Crippen molar-refractivity contribution in [2.24, 2.45) is 0 Å². The van der Waals surface area contributed by atoms with Crippen molar-refractivity contribution in [3.63, 3.8) is 0 Å². The Morgan fingerprint density at radius 1 is 0.443 bits per heavy atom. The second-order valence-electron chi connectivity index (χ2n) is 14.4. The van der Waals surface area contributed by atoms with Crippen molar-refractivity contribution in [1.82, 2.24) is 0 Å². The molecule has 1 aliphatic heterocycles. The highest BCUT2D eigenvalue weighted by atomic mass is 16.8. The van der Waals surface area contributed by atoms with E-state index in [0.717, 1.165) is 98.7 Å². The molecule has 0 aromatic heterocycles. The van der Waals surface area contributed by atoms with Crippen LogP contribution in [0.15, 0.2) is 48.5 Å². The van der Waals surface area contributed by atoms with Gasteiger partial charge in [0.05, 0.1) is 16.7 Å². The molecular formula is C45H42O25. The minimum absolute atomic E-state index is 0.0229. The number of carbonyl (C=O) groups is 12. The van der Waals surface area contributed by atoms with Crippen LogP contribution >= 0.6 is 0 Å². The number of hydrogen-bond donors (Lipinski definition) is 0. The van der Waals surface area contributed by atoms with Gasteiger partial charge >= 0.3 is 71.6 Å². The molecule has 25 heteroatoms. The van der Waals surface area contributed by atoms with E-state index in [9.17, 15) is 57.5 Å². The van der Waals surface area contributed by atoms with Gasteiger partial charge in [0.2, 0.25) is 17.1 Å². The SMILES string of the molecule is CC(=O)Oc1ccc(C(=O)O[C@H]2O[C@H](COC(=O)c3cc(OC(C)=O)c(OC(C)=O)c(OC(C)=O)c3)[C@@H](OC(C)=O)[C@@]2(COC(=O)c2cc(OC(C)=O)c(OC(C)=O)c(OC(C)=O)c2)OC(C)=O)cc1. The summed E-state index contributed by atoms with van der Waals surface area (Å²) < 4.78 is 69.5. The van der Waals surface area contributed by atoms with Crippen molar-refractivity contribution in [3.8, 4) is 40.2 Å². The first-order valence-electron chi connectivity index (χ1n) is 20.1. The van der Waals surface area contributed by atoms with Gasteiger partial charge in [-0.2, -0.15) is 0 Å². The first-order valence-corrected chi connectivity index (χ1v) is 20.1. The summed E-state index contributed by atoms with van der Waals surface area (Å²) in [5.74, 6) is -16.2. The molecule has 3 aromatic rings. The third-order valence-corrected chi connectivity index (χ3v) is 8.54. The van der Waals surface area contributed by atoms with Crippen LogP contribution < -0.4 is 33.2 Å². The Bertz CT molecular complexity index is 2550. The molecule has 1 saturated heterocycles. The standard InChI is InChI=1S/C45H42O25/c1-20(46)60-32-12-10-29(11-13-32)43(57)69-44-45(70-28(9)54,19-59-42(56)31-16-35(63-23(4)49)39(66-26(7)52)36(17-31)64-24(5)50)40(67-27(8)53)37(68-44)18-58-41(55)30-14-33(61-21(2)47)38(65-25(6)51)34(15-30)62-22(3)48/h10-17,37,40,44H,18-19H2,1-9H3/t37-,40-,44-,45-/m1/s1. The fraction of sp³-hybridized carbons (Fsp3) is 0.333. The normalized spacial score (nSPS) is 16.7. The molecule has 0 saturated carbocycles. The minimum atomic E-state index is -2.72. The van der Waals surface area contributed by atoms with Crippen LogP contribution in [0.1, 0.15) is 93.4 Å². The number of rotatable bonds is 17. The van der Waals surface area contributed by atoms with Crippen molar-refractivity contribution in [2.45, 2.75) is 86.4 Å². The van der Waals surface area contributed by atoms with Gasteiger partial charge in [0, 0.05) is 62.3 Å². The Kier molecular flexibility index (Phi) is 17.9. The lowest BCUT2D eigenvalue weighted by atomic mass is 9.95. The van der Waals surface area contributed by atoms with Gasteiger partial charge in [-0.1, -0.05) is 0 Å². The van der Waals surface area contributed by atoms with Crippen molar-refractivity contribution >= 4 is 71.6 Å². The summed E-state index contributed by atoms with van der Waals surface area (Å²) in [5, 5.41) is 0. The van der Waals surface area contributed by atoms with Crippen LogP contribution in [0, 0.1) is 0 Å². The number of hydrogen-bond acceptors (Lipinski definition) is 25. The third-order valence-electron chi connectivity index (χ3n) is 8.54. The van der Waals surface area contributed by atoms with E-state index in [1.807, 2.05) is 0 Å². The topological polar surface area (TPSA) is 325 Å². The zero-order chi connectivity index (χ0) is 52.2. The first kappa shape index (κ1) is 53.9. The van der Waals surface area contributed by atoms with Gasteiger partial charge in [0.25, 0.3) is 6.29 Å². The average Bonchev–Trinajstić information content (AvgIpc) is 3.49. The Morgan fingerprint density at radius 2 is 0.843 bits per heavy atom. The largest absolute Gasteiger partial charge is 0.459 e. The predicted molar refractivity (Wildman–Crippen MR) is 223 cm³/mol. The second kappa shape index (κ2) is 23.3. The van der Waals surface area contributed by atoms with E-state index in [2.05, 4.69) is 0 Å². The van der Waals surface area contributed by atoms with Crippen LogP contribution in [0.3, 0.4) is 0 Å². The van der Waals surface area contributed by atoms with E-state index in [-0.39, 0.29) is 11.3 Å². The number of benzene rings is 3. The van der Waals surface area contributed by atoms with Gasteiger partial charge in [-0.05, 0) is 48.5 Å². The lowest BCUT2D eigenvalue weighted by molar-refractivity contribution is -0.219. The Morgan fingerprint density at radius 3 is 1.21 bits per heavy atom. The monoisotopic (exact) mass is 982 g/mol. The fourth-order valence-electron chi connectivity index (χ4n) is 6.25. The maximum Gasteiger partial charge on any atom is 0.340 e. The van der Waals surface area contributed by atoms with Crippen LogP contribution in [0.25, 0.3) is 0 Å². The molecule has 1 fully saturated rings. The van der Waals surface area contributed by atoms with Crippen LogP contribution in [0.2, 0.25) is 0 Å². The van der Waals surface area contributed by atoms with Gasteiger partial charge in [0.1, 0.15) is 25.1 Å². The summed E-state index contributed by atoms with van der Waals surface area (Å²) in [6.07, 6.45) is -6.09. The zero-order valence-electron chi connectivity index (χ0n) is 38.5. The highest BCUT2D eigenvalue weighted by Crippen LogP contribution is 2.43. The predicted octanol–water partition coefficient (Wildman–Crippen LogP) is 2.99. The van der Waals surface area contributed by atoms with Gasteiger partial charge in [-0.15, -0.1) is 0 Å². The van der Waals surface area contributed by atoms with Crippen molar-refractivity contribution < 1.29 is 119 Å². The third kappa shape index (κ3) is 14.6. The molecule has 0 radical (unpaired) electrons.